The molecule has 1 unspecified atom stereocenters. The summed E-state index contributed by atoms with van der Waals surface area (Å²) in [6, 6.07) is 4.55. The second-order valence-corrected chi connectivity index (χ2v) is 4.09. The molecule has 0 bridgehead atoms. The topological polar surface area (TPSA) is 57.5 Å². The van der Waals surface area contributed by atoms with Gasteiger partial charge in [-0.3, -0.25) is 0 Å². The molecule has 0 heterocycles. The van der Waals surface area contributed by atoms with Crippen molar-refractivity contribution >= 4 is 11.9 Å². The molecular weight excluding hydrogens is 204 g/mol. The molecule has 0 radical (unpaired) electrons. The molecule has 16 heavy (non-hydrogen) atoms. The van der Waals surface area contributed by atoms with E-state index in [9.17, 15) is 15.0 Å². The molecule has 84 valence electrons. The highest BCUT2D eigenvalue weighted by Crippen LogP contribution is 2.35. The Labute approximate surface area is 94.0 Å². The van der Waals surface area contributed by atoms with Crippen LogP contribution in [0, 0.1) is 5.92 Å². The Morgan fingerprint density at radius 3 is 2.81 bits per heavy atom. The lowest BCUT2D eigenvalue weighted by Crippen LogP contribution is -2.05. The number of phenolic OH excluding ortho intramolecular Hbond substituents is 2. The van der Waals surface area contributed by atoms with E-state index in [1.54, 1.807) is 12.1 Å². The van der Waals surface area contributed by atoms with Crippen molar-refractivity contribution in [2.75, 3.05) is 0 Å². The van der Waals surface area contributed by atoms with E-state index in [2.05, 4.69) is 0 Å². The number of aromatic hydroxyl groups is 2. The minimum absolute atomic E-state index is 0.0445. The minimum atomic E-state index is -0.0445. The molecule has 1 aromatic rings. The van der Waals surface area contributed by atoms with Gasteiger partial charge in [-0.1, -0.05) is 6.08 Å². The zero-order chi connectivity index (χ0) is 11.5. The summed E-state index contributed by atoms with van der Waals surface area (Å²) >= 11 is 0. The van der Waals surface area contributed by atoms with Crippen molar-refractivity contribution < 1.29 is 15.0 Å². The summed E-state index contributed by atoms with van der Waals surface area (Å²) in [7, 11) is 0. The van der Waals surface area contributed by atoms with Crippen LogP contribution in [0.15, 0.2) is 24.3 Å². The molecule has 3 nitrogen and oxygen atoms in total. The van der Waals surface area contributed by atoms with E-state index in [-0.39, 0.29) is 17.4 Å². The Morgan fingerprint density at radius 1 is 1.31 bits per heavy atom. The van der Waals surface area contributed by atoms with Gasteiger partial charge in [0.2, 0.25) is 0 Å². The van der Waals surface area contributed by atoms with Crippen LogP contribution in [0.25, 0.3) is 5.57 Å². The molecule has 1 atom stereocenters. The Balaban J connectivity index is 2.36. The summed E-state index contributed by atoms with van der Waals surface area (Å²) in [5.41, 5.74) is 1.70. The maximum absolute atomic E-state index is 10.7. The summed E-state index contributed by atoms with van der Waals surface area (Å²) in [5, 5.41) is 18.9. The summed E-state index contributed by atoms with van der Waals surface area (Å²) in [6.07, 6.45) is 5.54. The Kier molecular flexibility index (Phi) is 2.95. The van der Waals surface area contributed by atoms with Crippen LogP contribution >= 0.6 is 0 Å². The zero-order valence-electron chi connectivity index (χ0n) is 8.89. The number of aldehydes is 1. The molecule has 0 fully saturated rings. The van der Waals surface area contributed by atoms with Gasteiger partial charge in [-0.25, -0.2) is 0 Å². The third kappa shape index (κ3) is 2.08. The van der Waals surface area contributed by atoms with Gasteiger partial charge in [0.25, 0.3) is 0 Å². The Hall–Kier alpha value is -1.77. The smallest absolute Gasteiger partial charge is 0.126 e. The molecule has 0 aliphatic heterocycles. The SMILES string of the molecule is O=CC1C=C(c2ccc(O)cc2O)CCC1. The van der Waals surface area contributed by atoms with E-state index in [0.29, 0.717) is 5.56 Å². The lowest BCUT2D eigenvalue weighted by molar-refractivity contribution is -0.110. The fourth-order valence-electron chi connectivity index (χ4n) is 2.08. The van der Waals surface area contributed by atoms with Crippen molar-refractivity contribution in [3.63, 3.8) is 0 Å². The quantitative estimate of drug-likeness (QED) is 0.750. The number of hydrogen-bond donors (Lipinski definition) is 2. The summed E-state index contributed by atoms with van der Waals surface area (Å²) in [4.78, 5) is 10.7. The van der Waals surface area contributed by atoms with E-state index >= 15 is 0 Å². The minimum Gasteiger partial charge on any atom is -0.508 e. The molecule has 1 aliphatic carbocycles. The van der Waals surface area contributed by atoms with E-state index in [4.69, 9.17) is 0 Å². The fraction of sp³-hybridized carbons (Fsp3) is 0.308. The van der Waals surface area contributed by atoms with Crippen molar-refractivity contribution in [1.82, 2.24) is 0 Å². The number of rotatable bonds is 2. The molecule has 0 amide bonds. The van der Waals surface area contributed by atoms with Gasteiger partial charge in [0, 0.05) is 17.5 Å². The van der Waals surface area contributed by atoms with Crippen molar-refractivity contribution in [1.29, 1.82) is 0 Å². The first-order valence-electron chi connectivity index (χ1n) is 5.39. The Morgan fingerprint density at radius 2 is 2.12 bits per heavy atom. The van der Waals surface area contributed by atoms with Gasteiger partial charge in [0.05, 0.1) is 0 Å². The largest absolute Gasteiger partial charge is 0.508 e. The van der Waals surface area contributed by atoms with Gasteiger partial charge in [0.1, 0.15) is 17.8 Å². The standard InChI is InChI=1S/C13H14O3/c14-8-9-2-1-3-10(6-9)12-5-4-11(15)7-13(12)16/h4-9,15-16H,1-3H2. The van der Waals surface area contributed by atoms with E-state index in [1.807, 2.05) is 6.08 Å². The third-order valence-electron chi connectivity index (χ3n) is 2.90. The zero-order valence-corrected chi connectivity index (χ0v) is 8.89. The first-order valence-corrected chi connectivity index (χ1v) is 5.39. The van der Waals surface area contributed by atoms with Crippen molar-refractivity contribution in [3.05, 3.63) is 29.8 Å². The maximum atomic E-state index is 10.7. The average Bonchev–Trinajstić information content (AvgIpc) is 2.29. The number of allylic oxidation sites excluding steroid dienone is 2. The van der Waals surface area contributed by atoms with Crippen molar-refractivity contribution in [2.45, 2.75) is 19.3 Å². The number of carbonyl (C=O) groups is 1. The molecule has 0 saturated carbocycles. The van der Waals surface area contributed by atoms with Gasteiger partial charge < -0.3 is 15.0 Å². The van der Waals surface area contributed by atoms with Crippen LogP contribution in [-0.2, 0) is 4.79 Å². The van der Waals surface area contributed by atoms with Gasteiger partial charge >= 0.3 is 0 Å². The normalized spacial score (nSPS) is 20.2. The number of benzene rings is 1. The van der Waals surface area contributed by atoms with Gasteiger partial charge in [-0.15, -0.1) is 0 Å². The first kappa shape index (κ1) is 10.7. The summed E-state index contributed by atoms with van der Waals surface area (Å²) < 4.78 is 0. The van der Waals surface area contributed by atoms with Crippen LogP contribution in [0.1, 0.15) is 24.8 Å². The molecule has 2 N–H and O–H groups in total. The Bertz CT molecular complexity index is 435. The third-order valence-corrected chi connectivity index (χ3v) is 2.90. The molecule has 2 rings (SSSR count). The molecule has 0 saturated heterocycles. The fourth-order valence-corrected chi connectivity index (χ4v) is 2.08. The summed E-state index contributed by atoms with van der Waals surface area (Å²) in [5.74, 6) is 0.0688. The maximum Gasteiger partial charge on any atom is 0.126 e. The monoisotopic (exact) mass is 218 g/mol. The number of hydrogen-bond acceptors (Lipinski definition) is 3. The predicted octanol–water partition coefficient (Wildman–Crippen LogP) is 2.48. The summed E-state index contributed by atoms with van der Waals surface area (Å²) in [6.45, 7) is 0. The predicted molar refractivity (Wildman–Crippen MR) is 61.2 cm³/mol. The highest BCUT2D eigenvalue weighted by molar-refractivity contribution is 5.75. The van der Waals surface area contributed by atoms with Gasteiger partial charge in [0.15, 0.2) is 0 Å². The average molecular weight is 218 g/mol. The highest BCUT2D eigenvalue weighted by Gasteiger charge is 2.16. The van der Waals surface area contributed by atoms with E-state index in [0.717, 1.165) is 31.1 Å². The number of phenols is 2. The van der Waals surface area contributed by atoms with Crippen molar-refractivity contribution in [3.8, 4) is 11.5 Å². The number of carbonyl (C=O) groups excluding carboxylic acids is 1. The molecule has 1 aliphatic rings. The molecular formula is C13H14O3. The second-order valence-electron chi connectivity index (χ2n) is 4.09. The highest BCUT2D eigenvalue weighted by atomic mass is 16.3. The van der Waals surface area contributed by atoms with Crippen LogP contribution in [0.3, 0.4) is 0 Å². The van der Waals surface area contributed by atoms with Gasteiger partial charge in [-0.2, -0.15) is 0 Å². The van der Waals surface area contributed by atoms with Crippen LogP contribution in [-0.4, -0.2) is 16.5 Å². The lowest BCUT2D eigenvalue weighted by Gasteiger charge is -2.18. The van der Waals surface area contributed by atoms with E-state index in [1.165, 1.54) is 6.07 Å². The van der Waals surface area contributed by atoms with Crippen LogP contribution in [0.5, 0.6) is 11.5 Å². The van der Waals surface area contributed by atoms with Crippen LogP contribution in [0.2, 0.25) is 0 Å². The molecule has 0 aromatic heterocycles. The molecule has 3 heteroatoms. The van der Waals surface area contributed by atoms with Crippen LogP contribution in [0.4, 0.5) is 0 Å². The van der Waals surface area contributed by atoms with Crippen molar-refractivity contribution in [2.24, 2.45) is 5.92 Å². The molecule has 0 spiro atoms. The second kappa shape index (κ2) is 4.39. The first-order chi connectivity index (χ1) is 7.70. The lowest BCUT2D eigenvalue weighted by atomic mass is 9.87. The van der Waals surface area contributed by atoms with Gasteiger partial charge in [-0.05, 0) is 37.0 Å². The molecule has 1 aromatic carbocycles. The van der Waals surface area contributed by atoms with E-state index < -0.39 is 0 Å². The van der Waals surface area contributed by atoms with Crippen LogP contribution < -0.4 is 0 Å².